The number of aliphatic hydroxyl groups excluding tert-OH is 1. The van der Waals surface area contributed by atoms with Crippen molar-refractivity contribution in [2.75, 3.05) is 0 Å². The van der Waals surface area contributed by atoms with Gasteiger partial charge in [-0.1, -0.05) is 0 Å². The van der Waals surface area contributed by atoms with E-state index in [4.69, 9.17) is 0 Å². The minimum atomic E-state index is -5.73. The molecule has 2 unspecified atom stereocenters. The first-order valence-electron chi connectivity index (χ1n) is 7.22. The zero-order chi connectivity index (χ0) is 21.7. The van der Waals surface area contributed by atoms with Gasteiger partial charge in [-0.15, -0.1) is 0 Å². The van der Waals surface area contributed by atoms with Gasteiger partial charge < -0.3 is 25.2 Å². The molecule has 0 spiro atoms. The molecule has 0 aromatic carbocycles. The Morgan fingerprint density at radius 3 is 1.70 bits per heavy atom. The first-order chi connectivity index (χ1) is 11.9. The van der Waals surface area contributed by atoms with Gasteiger partial charge in [0.15, 0.2) is 28.6 Å². The molecule has 0 aliphatic carbocycles. The first kappa shape index (κ1) is 23.8. The number of Topliss-reactive ketones (excluding diaryl/α,β-unsaturated/α-hetero) is 4. The average Bonchev–Trinajstić information content (AvgIpc) is 2.48. The molecule has 1 rings (SSSR count). The third-order valence-electron chi connectivity index (χ3n) is 4.38. The number of alkyl halides is 4. The van der Waals surface area contributed by atoms with Crippen LogP contribution in [0.4, 0.5) is 13.2 Å². The van der Waals surface area contributed by atoms with Crippen LogP contribution >= 0.6 is 15.9 Å². The highest BCUT2D eigenvalue weighted by Crippen LogP contribution is 2.52. The molecule has 9 nitrogen and oxygen atoms in total. The molecule has 0 aromatic heterocycles. The summed E-state index contributed by atoms with van der Waals surface area (Å²) in [5.74, 6) is -10.7. The summed E-state index contributed by atoms with van der Waals surface area (Å²) in [6.45, 7) is 1.70. The second kappa shape index (κ2) is 6.97. The highest BCUT2D eigenvalue weighted by molar-refractivity contribution is 9.10. The van der Waals surface area contributed by atoms with E-state index in [1.807, 2.05) is 0 Å². The summed E-state index contributed by atoms with van der Waals surface area (Å²) in [5, 5.41) is 41.6. The molecule has 1 fully saturated rings. The highest BCUT2D eigenvalue weighted by Gasteiger charge is 2.78. The summed E-state index contributed by atoms with van der Waals surface area (Å²) >= 11 is 2.21. The molecule has 154 valence electrons. The lowest BCUT2D eigenvalue weighted by Gasteiger charge is -2.56. The standard InChI is InChI=1S/C14H16BrF3O9/c1-4(19)7(22)10-12(25,6(3)21)11(24,5(2)20)8(13(15,26)27-10)9(23)14(16,17)18/h7-8,10,22,24-26H,1-3H3/t7?,8-,10-,11-,12-,13?/m1/s1. The van der Waals surface area contributed by atoms with Gasteiger partial charge in [-0.3, -0.25) is 19.2 Å². The third kappa shape index (κ3) is 3.47. The molecular weight excluding hydrogens is 449 g/mol. The predicted molar refractivity (Wildman–Crippen MR) is 81.3 cm³/mol. The van der Waals surface area contributed by atoms with Gasteiger partial charge in [0.05, 0.1) is 0 Å². The van der Waals surface area contributed by atoms with E-state index in [-0.39, 0.29) is 0 Å². The second-order valence-corrected chi connectivity index (χ2v) is 7.28. The molecule has 27 heavy (non-hydrogen) atoms. The fourth-order valence-electron chi connectivity index (χ4n) is 2.99. The topological polar surface area (TPSA) is 158 Å². The van der Waals surface area contributed by atoms with E-state index in [9.17, 15) is 52.8 Å². The van der Waals surface area contributed by atoms with Gasteiger partial charge in [0, 0.05) is 0 Å². The zero-order valence-corrected chi connectivity index (χ0v) is 15.7. The first-order valence-corrected chi connectivity index (χ1v) is 8.01. The Labute approximate surface area is 158 Å². The SMILES string of the molecule is CC(=O)C(O)[C@H]1OC(O)(Br)[C@H](C(=O)C(F)(F)F)[C@](O)(C(C)=O)[C@@]1(O)C(C)=O. The Bertz CT molecular complexity index is 692. The molecule has 0 bridgehead atoms. The summed E-state index contributed by atoms with van der Waals surface area (Å²) in [7, 11) is 0. The van der Waals surface area contributed by atoms with Crippen molar-refractivity contribution in [2.24, 2.45) is 5.92 Å². The molecule has 4 N–H and O–H groups in total. The molecule has 6 atom stereocenters. The maximum absolute atomic E-state index is 13.0. The van der Waals surface area contributed by atoms with Crippen LogP contribution in [0.15, 0.2) is 0 Å². The second-order valence-electron chi connectivity index (χ2n) is 6.14. The smallest absolute Gasteiger partial charge is 0.382 e. The average molecular weight is 465 g/mol. The van der Waals surface area contributed by atoms with Crippen molar-refractivity contribution in [3.63, 3.8) is 0 Å². The van der Waals surface area contributed by atoms with E-state index in [1.54, 1.807) is 0 Å². The van der Waals surface area contributed by atoms with Gasteiger partial charge in [0.2, 0.25) is 10.5 Å². The van der Waals surface area contributed by atoms with Crippen LogP contribution in [-0.4, -0.2) is 77.8 Å². The lowest BCUT2D eigenvalue weighted by Crippen LogP contribution is -2.82. The molecule has 0 amide bonds. The number of hydrogen-bond acceptors (Lipinski definition) is 9. The number of ether oxygens (including phenoxy) is 1. The maximum Gasteiger partial charge on any atom is 0.450 e. The zero-order valence-electron chi connectivity index (χ0n) is 14.1. The molecule has 1 saturated heterocycles. The largest absolute Gasteiger partial charge is 0.450 e. The Hall–Kier alpha value is -1.25. The monoisotopic (exact) mass is 464 g/mol. The van der Waals surface area contributed by atoms with Crippen LogP contribution in [0.2, 0.25) is 0 Å². The number of ketones is 4. The maximum atomic E-state index is 13.0. The van der Waals surface area contributed by atoms with Gasteiger partial charge in [0.25, 0.3) is 0 Å². The van der Waals surface area contributed by atoms with E-state index in [2.05, 4.69) is 20.7 Å². The van der Waals surface area contributed by atoms with Gasteiger partial charge >= 0.3 is 6.18 Å². The van der Waals surface area contributed by atoms with E-state index < -0.39 is 63.3 Å². The van der Waals surface area contributed by atoms with E-state index in [0.29, 0.717) is 13.8 Å². The van der Waals surface area contributed by atoms with Gasteiger partial charge in [-0.05, 0) is 36.7 Å². The molecule has 0 radical (unpaired) electrons. The summed E-state index contributed by atoms with van der Waals surface area (Å²) in [4.78, 5) is 47.4. The Morgan fingerprint density at radius 2 is 1.41 bits per heavy atom. The van der Waals surface area contributed by atoms with Crippen molar-refractivity contribution in [2.45, 2.75) is 55.1 Å². The van der Waals surface area contributed by atoms with Crippen molar-refractivity contribution in [3.8, 4) is 0 Å². The van der Waals surface area contributed by atoms with Crippen molar-refractivity contribution < 1.29 is 57.5 Å². The Morgan fingerprint density at radius 1 is 1.00 bits per heavy atom. The summed E-state index contributed by atoms with van der Waals surface area (Å²) in [6.07, 6.45) is -10.8. The minimum absolute atomic E-state index is 0.441. The molecule has 1 aliphatic rings. The Balaban J connectivity index is 3.92. The molecule has 0 aromatic rings. The number of hydrogen-bond donors (Lipinski definition) is 4. The quantitative estimate of drug-likeness (QED) is 0.365. The number of carbonyl (C=O) groups is 4. The molecule has 1 heterocycles. The highest BCUT2D eigenvalue weighted by atomic mass is 79.9. The van der Waals surface area contributed by atoms with Crippen LogP contribution < -0.4 is 0 Å². The van der Waals surface area contributed by atoms with Crippen molar-refractivity contribution in [3.05, 3.63) is 0 Å². The van der Waals surface area contributed by atoms with Crippen molar-refractivity contribution in [1.82, 2.24) is 0 Å². The van der Waals surface area contributed by atoms with Crippen LogP contribution in [0.25, 0.3) is 0 Å². The Kier molecular flexibility index (Phi) is 6.14. The minimum Gasteiger partial charge on any atom is -0.382 e. The summed E-state index contributed by atoms with van der Waals surface area (Å²) < 4.78 is 40.1. The van der Waals surface area contributed by atoms with E-state index in [0.717, 1.165) is 6.92 Å². The lowest BCUT2D eigenvalue weighted by molar-refractivity contribution is -0.336. The number of rotatable bonds is 5. The van der Waals surface area contributed by atoms with Gasteiger partial charge in [-0.25, -0.2) is 0 Å². The molecule has 13 heteroatoms. The number of aliphatic hydroxyl groups is 4. The number of halogens is 4. The molecular formula is C14H16BrF3O9. The number of carbonyl (C=O) groups excluding carboxylic acids is 4. The predicted octanol–water partition coefficient (Wildman–Crippen LogP) is -1.24. The van der Waals surface area contributed by atoms with E-state index >= 15 is 0 Å². The fourth-order valence-corrected chi connectivity index (χ4v) is 3.73. The van der Waals surface area contributed by atoms with Gasteiger partial charge in [-0.2, -0.15) is 13.2 Å². The van der Waals surface area contributed by atoms with Crippen LogP contribution in [0.5, 0.6) is 0 Å². The van der Waals surface area contributed by atoms with Crippen molar-refractivity contribution >= 4 is 39.1 Å². The third-order valence-corrected chi connectivity index (χ3v) is 5.02. The fraction of sp³-hybridized carbons (Fsp3) is 0.714. The molecule has 1 aliphatic heterocycles. The van der Waals surface area contributed by atoms with Crippen LogP contribution in [0.1, 0.15) is 20.8 Å². The lowest BCUT2D eigenvalue weighted by atomic mass is 9.62. The van der Waals surface area contributed by atoms with Crippen molar-refractivity contribution in [1.29, 1.82) is 0 Å². The normalized spacial score (nSPS) is 38.2. The molecule has 0 saturated carbocycles. The summed E-state index contributed by atoms with van der Waals surface area (Å²) in [6, 6.07) is 0. The van der Waals surface area contributed by atoms with Crippen LogP contribution in [0, 0.1) is 5.92 Å². The van der Waals surface area contributed by atoms with E-state index in [1.165, 1.54) is 0 Å². The van der Waals surface area contributed by atoms with Crippen LogP contribution in [0.3, 0.4) is 0 Å². The van der Waals surface area contributed by atoms with Crippen LogP contribution in [-0.2, 0) is 23.9 Å². The van der Waals surface area contributed by atoms with Gasteiger partial charge in [0.1, 0.15) is 18.1 Å². The summed E-state index contributed by atoms with van der Waals surface area (Å²) in [5.41, 5.74) is -7.60.